The molecule has 4 heteroatoms. The van der Waals surface area contributed by atoms with Crippen LogP contribution in [0.2, 0.25) is 0 Å². The normalized spacial score (nSPS) is 14.4. The minimum absolute atomic E-state index is 0.196. The molecular formula is C14H21FN2O. The first-order valence-electron chi connectivity index (χ1n) is 6.09. The average molecular weight is 252 g/mol. The second-order valence-electron chi connectivity index (χ2n) is 5.19. The van der Waals surface area contributed by atoms with Gasteiger partial charge in [0, 0.05) is 12.1 Å². The van der Waals surface area contributed by atoms with E-state index in [1.165, 1.54) is 6.07 Å². The number of nitrogens with one attached hydrogen (secondary N) is 1. The van der Waals surface area contributed by atoms with Crippen molar-refractivity contribution >= 4 is 5.91 Å². The molecule has 1 atom stereocenters. The van der Waals surface area contributed by atoms with E-state index in [4.69, 9.17) is 5.73 Å². The predicted molar refractivity (Wildman–Crippen MR) is 70.9 cm³/mol. The molecule has 0 aromatic heterocycles. The maximum Gasteiger partial charge on any atom is 0.251 e. The average Bonchev–Trinajstić information content (AvgIpc) is 2.32. The minimum Gasteiger partial charge on any atom is -0.345 e. The highest BCUT2D eigenvalue weighted by Gasteiger charge is 2.28. The lowest BCUT2D eigenvalue weighted by Gasteiger charge is -2.33. The maximum absolute atomic E-state index is 13.4. The van der Waals surface area contributed by atoms with Gasteiger partial charge in [-0.05, 0) is 37.5 Å². The van der Waals surface area contributed by atoms with Crippen LogP contribution in [0, 0.1) is 18.7 Å². The summed E-state index contributed by atoms with van der Waals surface area (Å²) >= 11 is 0. The molecule has 0 aliphatic rings. The number of benzene rings is 1. The lowest BCUT2D eigenvalue weighted by atomic mass is 9.88. The highest BCUT2D eigenvalue weighted by molar-refractivity contribution is 5.94. The fourth-order valence-corrected chi connectivity index (χ4v) is 1.50. The van der Waals surface area contributed by atoms with Gasteiger partial charge in [-0.3, -0.25) is 4.79 Å². The summed E-state index contributed by atoms with van der Waals surface area (Å²) in [6.07, 6.45) is 0. The fraction of sp³-hybridized carbons (Fsp3) is 0.500. The lowest BCUT2D eigenvalue weighted by molar-refractivity contribution is 0.0882. The van der Waals surface area contributed by atoms with Crippen LogP contribution in [-0.4, -0.2) is 18.0 Å². The van der Waals surface area contributed by atoms with Gasteiger partial charge in [0.25, 0.3) is 5.91 Å². The molecule has 0 heterocycles. The van der Waals surface area contributed by atoms with E-state index in [0.717, 1.165) is 0 Å². The molecule has 0 saturated heterocycles. The fourth-order valence-electron chi connectivity index (χ4n) is 1.50. The Morgan fingerprint density at radius 1 is 1.50 bits per heavy atom. The Kier molecular flexibility index (Phi) is 4.46. The smallest absolute Gasteiger partial charge is 0.251 e. The Morgan fingerprint density at radius 2 is 2.11 bits per heavy atom. The van der Waals surface area contributed by atoms with E-state index in [2.05, 4.69) is 5.32 Å². The molecule has 1 unspecified atom stereocenters. The lowest BCUT2D eigenvalue weighted by Crippen LogP contribution is -2.55. The van der Waals surface area contributed by atoms with Crippen LogP contribution in [0.1, 0.15) is 36.7 Å². The van der Waals surface area contributed by atoms with Gasteiger partial charge in [-0.25, -0.2) is 4.39 Å². The van der Waals surface area contributed by atoms with E-state index in [1.54, 1.807) is 19.1 Å². The molecule has 0 radical (unpaired) electrons. The topological polar surface area (TPSA) is 55.1 Å². The van der Waals surface area contributed by atoms with Crippen LogP contribution >= 0.6 is 0 Å². The van der Waals surface area contributed by atoms with Gasteiger partial charge in [-0.15, -0.1) is 0 Å². The van der Waals surface area contributed by atoms with Crippen LogP contribution in [0.4, 0.5) is 4.39 Å². The number of rotatable bonds is 4. The molecule has 1 amide bonds. The molecule has 0 aliphatic heterocycles. The molecule has 1 aromatic carbocycles. The zero-order chi connectivity index (χ0) is 13.9. The minimum atomic E-state index is -0.488. The molecular weight excluding hydrogens is 231 g/mol. The van der Waals surface area contributed by atoms with Crippen molar-refractivity contribution in [3.63, 3.8) is 0 Å². The largest absolute Gasteiger partial charge is 0.345 e. The van der Waals surface area contributed by atoms with E-state index < -0.39 is 5.54 Å². The van der Waals surface area contributed by atoms with Crippen LogP contribution in [0.25, 0.3) is 0 Å². The second kappa shape index (κ2) is 5.48. The van der Waals surface area contributed by atoms with Gasteiger partial charge in [-0.1, -0.05) is 19.9 Å². The van der Waals surface area contributed by atoms with Crippen LogP contribution in [0.3, 0.4) is 0 Å². The van der Waals surface area contributed by atoms with Gasteiger partial charge < -0.3 is 11.1 Å². The third-order valence-corrected chi connectivity index (χ3v) is 3.53. The van der Waals surface area contributed by atoms with Crippen LogP contribution in [0.5, 0.6) is 0 Å². The monoisotopic (exact) mass is 252 g/mol. The Morgan fingerprint density at radius 3 is 2.56 bits per heavy atom. The van der Waals surface area contributed by atoms with E-state index in [0.29, 0.717) is 17.7 Å². The summed E-state index contributed by atoms with van der Waals surface area (Å²) in [5.41, 5.74) is 6.05. The van der Waals surface area contributed by atoms with Crippen molar-refractivity contribution in [1.82, 2.24) is 5.32 Å². The van der Waals surface area contributed by atoms with Crippen molar-refractivity contribution < 1.29 is 9.18 Å². The number of carbonyl (C=O) groups excluding carboxylic acids is 1. The number of carbonyl (C=O) groups is 1. The molecule has 0 fully saturated rings. The number of hydrogen-bond acceptors (Lipinski definition) is 2. The molecule has 1 aromatic rings. The quantitative estimate of drug-likeness (QED) is 0.863. The molecule has 0 aliphatic carbocycles. The van der Waals surface area contributed by atoms with Crippen molar-refractivity contribution in [3.05, 3.63) is 35.1 Å². The zero-order valence-electron chi connectivity index (χ0n) is 11.4. The molecule has 1 rings (SSSR count). The summed E-state index contributed by atoms with van der Waals surface area (Å²) < 4.78 is 13.4. The molecule has 3 N–H and O–H groups in total. The van der Waals surface area contributed by atoms with E-state index in [-0.39, 0.29) is 17.6 Å². The maximum atomic E-state index is 13.4. The first-order chi connectivity index (χ1) is 8.30. The van der Waals surface area contributed by atoms with Gasteiger partial charge in [0.1, 0.15) is 5.82 Å². The predicted octanol–water partition coefficient (Wildman–Crippen LogP) is 2.24. The molecule has 100 valence electrons. The van der Waals surface area contributed by atoms with Crippen molar-refractivity contribution in [3.8, 4) is 0 Å². The van der Waals surface area contributed by atoms with Crippen molar-refractivity contribution in [1.29, 1.82) is 0 Å². The number of halogens is 1. The third kappa shape index (κ3) is 3.07. The van der Waals surface area contributed by atoms with Crippen LogP contribution < -0.4 is 11.1 Å². The Balaban J connectivity index is 2.91. The molecule has 0 saturated carbocycles. The summed E-state index contributed by atoms with van der Waals surface area (Å²) in [6, 6.07) is 4.46. The van der Waals surface area contributed by atoms with Gasteiger partial charge in [0.2, 0.25) is 0 Å². The Bertz CT molecular complexity index is 445. The molecule has 18 heavy (non-hydrogen) atoms. The van der Waals surface area contributed by atoms with Gasteiger partial charge >= 0.3 is 0 Å². The van der Waals surface area contributed by atoms with Gasteiger partial charge in [0.15, 0.2) is 0 Å². The van der Waals surface area contributed by atoms with Crippen molar-refractivity contribution in [2.45, 2.75) is 33.2 Å². The third-order valence-electron chi connectivity index (χ3n) is 3.53. The van der Waals surface area contributed by atoms with E-state index in [1.807, 2.05) is 20.8 Å². The van der Waals surface area contributed by atoms with Crippen LogP contribution in [0.15, 0.2) is 18.2 Å². The highest BCUT2D eigenvalue weighted by Crippen LogP contribution is 2.16. The SMILES string of the molecule is Cc1ccc(C(=O)NC(C)(CN)C(C)C)cc1F. The van der Waals surface area contributed by atoms with Crippen molar-refractivity contribution in [2.75, 3.05) is 6.54 Å². The number of aryl methyl sites for hydroxylation is 1. The number of nitrogens with two attached hydrogens (primary N) is 1. The van der Waals surface area contributed by atoms with Gasteiger partial charge in [0.05, 0.1) is 5.54 Å². The van der Waals surface area contributed by atoms with Crippen LogP contribution in [-0.2, 0) is 0 Å². The van der Waals surface area contributed by atoms with E-state index in [9.17, 15) is 9.18 Å². The van der Waals surface area contributed by atoms with Crippen molar-refractivity contribution in [2.24, 2.45) is 11.7 Å². The Hall–Kier alpha value is -1.42. The summed E-state index contributed by atoms with van der Waals surface area (Å²) in [6.45, 7) is 7.87. The molecule has 0 bridgehead atoms. The van der Waals surface area contributed by atoms with Gasteiger partial charge in [-0.2, -0.15) is 0 Å². The standard InChI is InChI=1S/C14H21FN2O/c1-9(2)14(4,8-16)17-13(18)11-6-5-10(3)12(15)7-11/h5-7,9H,8,16H2,1-4H3,(H,17,18). The van der Waals surface area contributed by atoms with E-state index >= 15 is 0 Å². The Labute approximate surface area is 108 Å². The summed E-state index contributed by atoms with van der Waals surface area (Å²) in [5, 5.41) is 2.87. The zero-order valence-corrected chi connectivity index (χ0v) is 11.4. The molecule has 0 spiro atoms. The first kappa shape index (κ1) is 14.6. The summed E-state index contributed by atoms with van der Waals surface area (Å²) in [5.74, 6) is -0.473. The summed E-state index contributed by atoms with van der Waals surface area (Å²) in [4.78, 5) is 12.1. The summed E-state index contributed by atoms with van der Waals surface area (Å²) in [7, 11) is 0. The highest BCUT2D eigenvalue weighted by atomic mass is 19.1. The molecule has 3 nitrogen and oxygen atoms in total. The first-order valence-corrected chi connectivity index (χ1v) is 6.09. The number of hydrogen-bond donors (Lipinski definition) is 2. The second-order valence-corrected chi connectivity index (χ2v) is 5.19. The number of amides is 1.